The lowest BCUT2D eigenvalue weighted by Crippen LogP contribution is -2.26. The number of nitrogens with zero attached hydrogens (tertiary/aromatic N) is 1. The summed E-state index contributed by atoms with van der Waals surface area (Å²) in [7, 11) is 0. The maximum Gasteiger partial charge on any atom is 0.0418 e. The van der Waals surface area contributed by atoms with Crippen molar-refractivity contribution in [2.75, 3.05) is 0 Å². The van der Waals surface area contributed by atoms with E-state index in [-0.39, 0.29) is 0 Å². The van der Waals surface area contributed by atoms with Gasteiger partial charge in [0.2, 0.25) is 0 Å². The summed E-state index contributed by atoms with van der Waals surface area (Å²) in [6.45, 7) is 16.2. The van der Waals surface area contributed by atoms with Gasteiger partial charge in [-0.3, -0.25) is 0 Å². The first kappa shape index (κ1) is 21.2. The van der Waals surface area contributed by atoms with Crippen molar-refractivity contribution in [2.24, 2.45) is 5.92 Å². The van der Waals surface area contributed by atoms with Gasteiger partial charge in [-0.25, -0.2) is 0 Å². The zero-order valence-corrected chi connectivity index (χ0v) is 18.8. The average Bonchev–Trinajstić information content (AvgIpc) is 3.03. The molecule has 0 spiro atoms. The summed E-state index contributed by atoms with van der Waals surface area (Å²) < 4.78 is 2.25. The molecule has 2 heteroatoms. The molecule has 0 aliphatic rings. The molecular weight excluding hydrogens is 398 g/mol. The van der Waals surface area contributed by atoms with E-state index in [0.29, 0.717) is 5.92 Å². The molecule has 1 aromatic heterocycles. The van der Waals surface area contributed by atoms with E-state index in [2.05, 4.69) is 79.8 Å². The predicted molar refractivity (Wildman–Crippen MR) is 137 cm³/mol. The lowest BCUT2D eigenvalue weighted by molar-refractivity contribution is 0.483. The molecule has 0 bridgehead atoms. The van der Waals surface area contributed by atoms with Crippen molar-refractivity contribution >= 4 is 41.1 Å². The van der Waals surface area contributed by atoms with Crippen molar-refractivity contribution in [1.29, 1.82) is 0 Å². The van der Waals surface area contributed by atoms with E-state index in [1.54, 1.807) is 0 Å². The molecule has 0 N–H and O–H groups in total. The predicted octanol–water partition coefficient (Wildman–Crippen LogP) is 6.91. The number of halogens is 1. The van der Waals surface area contributed by atoms with Crippen molar-refractivity contribution in [2.45, 2.75) is 26.3 Å². The Morgan fingerprint density at radius 1 is 0.839 bits per heavy atom. The number of hydrogen-bond acceptors (Lipinski definition) is 0. The van der Waals surface area contributed by atoms with Crippen molar-refractivity contribution < 1.29 is 0 Å². The highest BCUT2D eigenvalue weighted by molar-refractivity contribution is 6.30. The standard InChI is InChI=1S/C29H28ClN/c1-20(17-18-31-22(3)28-7-5-6-8-29(28)23(31)4)19-21(2)24-9-11-25(12-10-24)26-13-15-27(30)16-14-26/h5-16,20H,2-4,17-19H2,1H3. The van der Waals surface area contributed by atoms with E-state index in [1.807, 2.05) is 24.3 Å². The lowest BCUT2D eigenvalue weighted by atomic mass is 9.93. The first-order valence-corrected chi connectivity index (χ1v) is 11.1. The second-order valence-corrected chi connectivity index (χ2v) is 8.81. The van der Waals surface area contributed by atoms with Crippen LogP contribution in [0.1, 0.15) is 25.3 Å². The van der Waals surface area contributed by atoms with Crippen molar-refractivity contribution in [1.82, 2.24) is 4.57 Å². The Morgan fingerprint density at radius 3 is 1.90 bits per heavy atom. The van der Waals surface area contributed by atoms with Crippen LogP contribution in [0.25, 0.3) is 40.6 Å². The summed E-state index contributed by atoms with van der Waals surface area (Å²) in [4.78, 5) is 0. The Balaban J connectivity index is 1.39. The number of hydrogen-bond donors (Lipinski definition) is 0. The fourth-order valence-corrected chi connectivity index (χ4v) is 4.37. The molecule has 0 aliphatic heterocycles. The molecule has 0 saturated carbocycles. The SMILES string of the molecule is C=C(CC(C)CCn1c(=C)c2ccccc2c1=C)c1ccc(-c2ccc(Cl)cc2)cc1. The van der Waals surface area contributed by atoms with Gasteiger partial charge in [0.25, 0.3) is 0 Å². The molecule has 0 saturated heterocycles. The Bertz CT molecular complexity index is 1260. The van der Waals surface area contributed by atoms with Gasteiger partial charge in [-0.2, -0.15) is 0 Å². The van der Waals surface area contributed by atoms with Gasteiger partial charge >= 0.3 is 0 Å². The molecule has 1 atom stereocenters. The van der Waals surface area contributed by atoms with Gasteiger partial charge < -0.3 is 4.57 Å². The molecule has 1 heterocycles. The minimum atomic E-state index is 0.521. The van der Waals surface area contributed by atoms with Gasteiger partial charge in [0.1, 0.15) is 0 Å². The van der Waals surface area contributed by atoms with Crippen LogP contribution in [0.2, 0.25) is 5.02 Å². The highest BCUT2D eigenvalue weighted by atomic mass is 35.5. The van der Waals surface area contributed by atoms with E-state index in [1.165, 1.54) is 33.0 Å². The molecule has 0 radical (unpaired) electrons. The Hall–Kier alpha value is -3.03. The molecule has 0 aliphatic carbocycles. The van der Waals surface area contributed by atoms with E-state index in [4.69, 9.17) is 11.6 Å². The van der Waals surface area contributed by atoms with Gasteiger partial charge in [0.05, 0.1) is 0 Å². The van der Waals surface area contributed by atoms with Gasteiger partial charge in [0.15, 0.2) is 0 Å². The zero-order chi connectivity index (χ0) is 22.0. The van der Waals surface area contributed by atoms with Gasteiger partial charge in [-0.15, -0.1) is 0 Å². The topological polar surface area (TPSA) is 4.93 Å². The maximum atomic E-state index is 6.00. The van der Waals surface area contributed by atoms with Crippen LogP contribution in [0.5, 0.6) is 0 Å². The van der Waals surface area contributed by atoms with Crippen LogP contribution >= 0.6 is 11.6 Å². The van der Waals surface area contributed by atoms with E-state index < -0.39 is 0 Å². The number of fused-ring (bicyclic) bond motifs is 1. The molecule has 3 aromatic carbocycles. The molecule has 1 unspecified atom stereocenters. The van der Waals surface area contributed by atoms with Gasteiger partial charge in [-0.05, 0) is 53.2 Å². The second kappa shape index (κ2) is 8.99. The molecule has 0 fully saturated rings. The Kier molecular flexibility index (Phi) is 6.15. The fraction of sp³-hybridized carbons (Fsp3) is 0.172. The Labute approximate surface area is 189 Å². The van der Waals surface area contributed by atoms with Gasteiger partial charge in [-0.1, -0.05) is 98.9 Å². The monoisotopic (exact) mass is 425 g/mol. The molecule has 0 amide bonds. The summed E-state index contributed by atoms with van der Waals surface area (Å²) >= 11 is 6.00. The van der Waals surface area contributed by atoms with Crippen LogP contribution < -0.4 is 10.7 Å². The third-order valence-corrected chi connectivity index (χ3v) is 6.36. The van der Waals surface area contributed by atoms with Crippen molar-refractivity contribution in [3.05, 3.63) is 101 Å². The quantitative estimate of drug-likeness (QED) is 0.303. The molecule has 1 nitrogen and oxygen atoms in total. The van der Waals surface area contributed by atoms with E-state index in [0.717, 1.165) is 35.1 Å². The van der Waals surface area contributed by atoms with E-state index >= 15 is 0 Å². The number of benzene rings is 3. The summed E-state index contributed by atoms with van der Waals surface area (Å²) in [6, 6.07) is 25.0. The normalized spacial score (nSPS) is 12.2. The highest BCUT2D eigenvalue weighted by Gasteiger charge is 2.10. The molecule has 31 heavy (non-hydrogen) atoms. The summed E-state index contributed by atoms with van der Waals surface area (Å²) in [6.07, 6.45) is 2.04. The van der Waals surface area contributed by atoms with E-state index in [9.17, 15) is 0 Å². The molecular formula is C29H28ClN. The average molecular weight is 426 g/mol. The highest BCUT2D eigenvalue weighted by Crippen LogP contribution is 2.27. The van der Waals surface area contributed by atoms with Crippen LogP contribution in [0.3, 0.4) is 0 Å². The van der Waals surface area contributed by atoms with Crippen LogP contribution in [0, 0.1) is 5.92 Å². The lowest BCUT2D eigenvalue weighted by Gasteiger charge is -2.15. The number of allylic oxidation sites excluding steroid dienone is 1. The van der Waals surface area contributed by atoms with Gasteiger partial charge in [0, 0.05) is 33.0 Å². The largest absolute Gasteiger partial charge is 0.341 e. The summed E-state index contributed by atoms with van der Waals surface area (Å²) in [5.74, 6) is 0.521. The third-order valence-electron chi connectivity index (χ3n) is 6.11. The third kappa shape index (κ3) is 4.52. The zero-order valence-electron chi connectivity index (χ0n) is 18.1. The number of aromatic nitrogens is 1. The minimum absolute atomic E-state index is 0.521. The fourth-order valence-electron chi connectivity index (χ4n) is 4.24. The van der Waals surface area contributed by atoms with Crippen molar-refractivity contribution in [3.8, 4) is 11.1 Å². The smallest absolute Gasteiger partial charge is 0.0418 e. The van der Waals surface area contributed by atoms with Crippen molar-refractivity contribution in [3.63, 3.8) is 0 Å². The molecule has 156 valence electrons. The second-order valence-electron chi connectivity index (χ2n) is 8.38. The van der Waals surface area contributed by atoms with Crippen LogP contribution in [0.4, 0.5) is 0 Å². The minimum Gasteiger partial charge on any atom is -0.341 e. The van der Waals surface area contributed by atoms with Crippen LogP contribution in [-0.2, 0) is 6.54 Å². The maximum absolute atomic E-state index is 6.00. The first-order valence-electron chi connectivity index (χ1n) is 10.7. The van der Waals surface area contributed by atoms with Crippen LogP contribution in [0.15, 0.2) is 79.4 Å². The summed E-state index contributed by atoms with van der Waals surface area (Å²) in [5, 5.41) is 5.28. The molecule has 4 rings (SSSR count). The first-order chi connectivity index (χ1) is 14.9. The molecule has 4 aromatic rings. The summed E-state index contributed by atoms with van der Waals surface area (Å²) in [5.41, 5.74) is 4.73. The van der Waals surface area contributed by atoms with Crippen LogP contribution in [-0.4, -0.2) is 4.57 Å². The number of rotatable bonds is 7. The Morgan fingerprint density at radius 2 is 1.35 bits per heavy atom.